The Morgan fingerprint density at radius 1 is 0.707 bits per heavy atom. The number of benzene rings is 7. The second-order valence-corrected chi connectivity index (χ2v) is 16.2. The lowest BCUT2D eigenvalue weighted by Crippen LogP contribution is -2.31. The van der Waals surface area contributed by atoms with E-state index in [9.17, 15) is 0 Å². The van der Waals surface area contributed by atoms with Crippen molar-refractivity contribution < 1.29 is 0 Å². The summed E-state index contributed by atoms with van der Waals surface area (Å²) >= 11 is 2.47. The Balaban J connectivity index is 1.05. The van der Waals surface area contributed by atoms with Crippen LogP contribution in [0.2, 0.25) is 0 Å². The van der Waals surface area contributed by atoms with Crippen molar-refractivity contribution in [1.29, 1.82) is 0 Å². The number of aromatic nitrogens is 1. The van der Waals surface area contributed by atoms with E-state index in [1.807, 2.05) is 12.2 Å². The van der Waals surface area contributed by atoms with Gasteiger partial charge in [-0.3, -0.25) is 0 Å². The molecule has 1 aromatic heterocycles. The molecule has 0 fully saturated rings. The molecule has 1 aliphatic carbocycles. The zero-order chi connectivity index (χ0) is 39.3. The van der Waals surface area contributed by atoms with Gasteiger partial charge in [0.05, 0.1) is 17.1 Å². The van der Waals surface area contributed by atoms with Gasteiger partial charge in [0, 0.05) is 32.3 Å². The van der Waals surface area contributed by atoms with E-state index in [0.717, 1.165) is 10.8 Å². The summed E-state index contributed by atoms with van der Waals surface area (Å²) in [6, 6.07) is 51.6. The van der Waals surface area contributed by atoms with Crippen LogP contribution in [0.5, 0.6) is 0 Å². The van der Waals surface area contributed by atoms with Crippen molar-refractivity contribution in [2.75, 3.05) is 9.33 Å². The number of fused-ring (bicyclic) bond motifs is 10. The molecule has 0 radical (unpaired) electrons. The van der Waals surface area contributed by atoms with E-state index in [1.165, 1.54) is 105 Å². The van der Waals surface area contributed by atoms with Crippen molar-refractivity contribution in [1.82, 2.24) is 4.57 Å². The van der Waals surface area contributed by atoms with Gasteiger partial charge in [-0.25, -0.2) is 0 Å². The molecule has 58 heavy (non-hydrogen) atoms. The molecule has 7 aromatic carbocycles. The maximum absolute atomic E-state index is 3.95. The Morgan fingerprint density at radius 2 is 1.34 bits per heavy atom. The number of allylic oxidation sites excluding steroid dienone is 9. The van der Waals surface area contributed by atoms with E-state index in [0.29, 0.717) is 0 Å². The number of hydrogen-bond acceptors (Lipinski definition) is 1. The fourth-order valence-electron chi connectivity index (χ4n) is 9.51. The van der Waals surface area contributed by atoms with Crippen LogP contribution in [0.4, 0.5) is 5.69 Å². The summed E-state index contributed by atoms with van der Waals surface area (Å²) in [5.41, 5.74) is 13.8. The van der Waals surface area contributed by atoms with Gasteiger partial charge in [0.25, 0.3) is 0 Å². The van der Waals surface area contributed by atoms with Gasteiger partial charge in [0.15, 0.2) is 0 Å². The van der Waals surface area contributed by atoms with Crippen LogP contribution in [0.3, 0.4) is 0 Å². The molecule has 1 atom stereocenters. The SMILES string of the molecule is C=C/C=C\C1=C(C)C2=CC(c3ccc4c(c3)c3ccccc3n4/C(C)=C/C(=C\CI)c3ccc4c5ccccc5c5ccccc5c4c3)=CCC2N1c1ccccc1. The summed E-state index contributed by atoms with van der Waals surface area (Å²) in [5, 5.41) is 10.3. The molecular formula is C55H43IN2. The van der Waals surface area contributed by atoms with E-state index in [4.69, 9.17) is 0 Å². The average Bonchev–Trinajstić information content (AvgIpc) is 3.76. The van der Waals surface area contributed by atoms with Crippen molar-refractivity contribution in [3.63, 3.8) is 0 Å². The summed E-state index contributed by atoms with van der Waals surface area (Å²) < 4.78 is 3.36. The first-order chi connectivity index (χ1) is 28.5. The number of nitrogens with zero attached hydrogens (tertiary/aromatic N) is 2. The summed E-state index contributed by atoms with van der Waals surface area (Å²) in [6.07, 6.45) is 16.6. The van der Waals surface area contributed by atoms with Gasteiger partial charge in [-0.15, -0.1) is 0 Å². The third-order valence-electron chi connectivity index (χ3n) is 12.1. The van der Waals surface area contributed by atoms with Gasteiger partial charge >= 0.3 is 0 Å². The van der Waals surface area contributed by atoms with Gasteiger partial charge in [-0.05, 0) is 141 Å². The van der Waals surface area contributed by atoms with E-state index >= 15 is 0 Å². The first-order valence-corrected chi connectivity index (χ1v) is 21.6. The summed E-state index contributed by atoms with van der Waals surface area (Å²) in [6.45, 7) is 8.47. The second-order valence-electron chi connectivity index (χ2n) is 15.4. The minimum absolute atomic E-state index is 0.263. The van der Waals surface area contributed by atoms with Crippen LogP contribution in [-0.2, 0) is 0 Å². The maximum atomic E-state index is 3.95. The van der Waals surface area contributed by atoms with E-state index in [-0.39, 0.29) is 6.04 Å². The number of alkyl halides is 1. The maximum Gasteiger partial charge on any atom is 0.0629 e. The van der Waals surface area contributed by atoms with Crippen LogP contribution in [0.1, 0.15) is 31.4 Å². The van der Waals surface area contributed by atoms with Crippen molar-refractivity contribution in [3.05, 3.63) is 217 Å². The zero-order valence-electron chi connectivity index (χ0n) is 32.8. The predicted molar refractivity (Wildman–Crippen MR) is 261 cm³/mol. The molecule has 8 aromatic rings. The Morgan fingerprint density at radius 3 is 2.05 bits per heavy atom. The average molecular weight is 859 g/mol. The lowest BCUT2D eigenvalue weighted by atomic mass is 9.88. The Labute approximate surface area is 353 Å². The molecular weight excluding hydrogens is 816 g/mol. The molecule has 0 bridgehead atoms. The standard InChI is InChI=1S/C55H43IN2/c1-4-5-22-52-37(3)49-33-39(25-28-54(49)58(52)42-15-7-6-8-16-42)40-26-29-55-51(35-40)48-21-13-14-23-53(48)57(55)36(2)32-41(30-31-56)38-24-27-47-45-19-10-9-17-43(45)44-18-11-12-20-46(44)50(47)34-38/h4-27,29-30,32-35,54H,1,28,31H2,2-3H3/b22-5-,36-32+,41-30+. The number of anilines is 1. The number of hydrogen-bond donors (Lipinski definition) is 0. The molecule has 0 amide bonds. The van der Waals surface area contributed by atoms with E-state index in [1.54, 1.807) is 0 Å². The van der Waals surface area contributed by atoms with Gasteiger partial charge < -0.3 is 9.47 Å². The van der Waals surface area contributed by atoms with Gasteiger partial charge in [-0.1, -0.05) is 157 Å². The summed E-state index contributed by atoms with van der Waals surface area (Å²) in [7, 11) is 0. The molecule has 0 N–H and O–H groups in total. The highest BCUT2D eigenvalue weighted by atomic mass is 127. The minimum Gasteiger partial charge on any atom is -0.333 e. The molecule has 1 unspecified atom stereocenters. The first kappa shape index (κ1) is 36.2. The number of para-hydroxylation sites is 2. The zero-order valence-corrected chi connectivity index (χ0v) is 34.9. The molecule has 2 aliphatic rings. The Bertz CT molecular complexity index is 3130. The summed E-state index contributed by atoms with van der Waals surface area (Å²) in [5.74, 6) is 0. The molecule has 0 saturated carbocycles. The fourth-order valence-corrected chi connectivity index (χ4v) is 9.99. The van der Waals surface area contributed by atoms with Crippen molar-refractivity contribution in [2.45, 2.75) is 26.3 Å². The topological polar surface area (TPSA) is 8.17 Å². The molecule has 2 nitrogen and oxygen atoms in total. The van der Waals surface area contributed by atoms with Crippen LogP contribution in [0, 0.1) is 0 Å². The number of rotatable bonds is 8. The van der Waals surface area contributed by atoms with Gasteiger partial charge in [-0.2, -0.15) is 0 Å². The third-order valence-corrected chi connectivity index (χ3v) is 12.6. The van der Waals surface area contributed by atoms with Gasteiger partial charge in [0.1, 0.15) is 0 Å². The number of halogens is 1. The lowest BCUT2D eigenvalue weighted by Gasteiger charge is -2.31. The first-order valence-electron chi connectivity index (χ1n) is 20.1. The highest BCUT2D eigenvalue weighted by Gasteiger charge is 2.35. The molecule has 280 valence electrons. The molecule has 1 aliphatic heterocycles. The third kappa shape index (κ3) is 5.99. The predicted octanol–water partition coefficient (Wildman–Crippen LogP) is 15.3. The van der Waals surface area contributed by atoms with E-state index in [2.05, 4.69) is 222 Å². The van der Waals surface area contributed by atoms with Crippen LogP contribution in [0.25, 0.3) is 71.0 Å². The second kappa shape index (κ2) is 15.0. The van der Waals surface area contributed by atoms with Crippen LogP contribution in [-0.4, -0.2) is 15.0 Å². The largest absolute Gasteiger partial charge is 0.333 e. The molecule has 0 saturated heterocycles. The lowest BCUT2D eigenvalue weighted by molar-refractivity contribution is 0.768. The van der Waals surface area contributed by atoms with Crippen LogP contribution >= 0.6 is 22.6 Å². The van der Waals surface area contributed by atoms with Crippen LogP contribution < -0.4 is 4.90 Å². The van der Waals surface area contributed by atoms with Crippen LogP contribution in [0.15, 0.2) is 205 Å². The van der Waals surface area contributed by atoms with Gasteiger partial charge in [0.2, 0.25) is 0 Å². The highest BCUT2D eigenvalue weighted by molar-refractivity contribution is 14.1. The molecule has 2 heterocycles. The monoisotopic (exact) mass is 858 g/mol. The Hall–Kier alpha value is -6.17. The summed E-state index contributed by atoms with van der Waals surface area (Å²) in [4.78, 5) is 2.49. The fraction of sp³-hybridized carbons (Fsp3) is 0.0909. The van der Waals surface area contributed by atoms with Crippen molar-refractivity contribution >= 4 is 99.2 Å². The Kier molecular flexibility index (Phi) is 9.34. The van der Waals surface area contributed by atoms with E-state index < -0.39 is 0 Å². The highest BCUT2D eigenvalue weighted by Crippen LogP contribution is 2.44. The van der Waals surface area contributed by atoms with Crippen molar-refractivity contribution in [3.8, 4) is 0 Å². The molecule has 0 spiro atoms. The molecule has 10 rings (SSSR count). The quantitative estimate of drug-likeness (QED) is 0.0640. The normalized spacial score (nSPS) is 16.3. The molecule has 3 heteroatoms. The smallest absolute Gasteiger partial charge is 0.0629 e. The van der Waals surface area contributed by atoms with Crippen molar-refractivity contribution in [2.24, 2.45) is 0 Å². The minimum atomic E-state index is 0.263.